The Kier molecular flexibility index (Phi) is 21.3. The molecule has 1 saturated heterocycles. The van der Waals surface area contributed by atoms with Gasteiger partial charge in [-0.3, -0.25) is 24.0 Å². The fraction of sp³-hybridized carbons (Fsp3) is 0.868. The highest BCUT2D eigenvalue weighted by molar-refractivity contribution is 5.78. The van der Waals surface area contributed by atoms with Gasteiger partial charge >= 0.3 is 29.8 Å². The summed E-state index contributed by atoms with van der Waals surface area (Å²) in [6.07, 6.45) is -6.94. The molecule has 17 heteroatoms. The molecule has 320 valence electrons. The molecule has 17 nitrogen and oxygen atoms in total. The summed E-state index contributed by atoms with van der Waals surface area (Å²) in [4.78, 5) is 63.3. The monoisotopic (exact) mass is 794 g/mol. The first-order valence-electron chi connectivity index (χ1n) is 18.5. The van der Waals surface area contributed by atoms with Gasteiger partial charge in [-0.05, 0) is 83.1 Å². The Morgan fingerprint density at radius 3 is 1.25 bits per heavy atom. The van der Waals surface area contributed by atoms with Crippen LogP contribution in [0.25, 0.3) is 0 Å². The first-order chi connectivity index (χ1) is 25.4. The highest BCUT2D eigenvalue weighted by atomic mass is 16.8. The lowest BCUT2D eigenvalue weighted by molar-refractivity contribution is -0.325. The molecule has 5 atom stereocenters. The molecular formula is C38H66O17. The topological polar surface area (TPSA) is 207 Å². The molecule has 1 aliphatic rings. The van der Waals surface area contributed by atoms with Gasteiger partial charge < -0.3 is 57.2 Å². The van der Waals surface area contributed by atoms with Crippen LogP contribution in [0.3, 0.4) is 0 Å². The van der Waals surface area contributed by atoms with Gasteiger partial charge in [0.2, 0.25) is 6.29 Å². The number of aliphatic carboxylic acids is 1. The van der Waals surface area contributed by atoms with E-state index in [1.165, 1.54) is 0 Å². The van der Waals surface area contributed by atoms with Crippen LogP contribution in [0.4, 0.5) is 0 Å². The van der Waals surface area contributed by atoms with Crippen molar-refractivity contribution in [3.8, 4) is 0 Å². The quantitative estimate of drug-likeness (QED) is 0.0677. The summed E-state index contributed by atoms with van der Waals surface area (Å²) < 4.78 is 62.6. The molecule has 0 aromatic carbocycles. The van der Waals surface area contributed by atoms with Crippen LogP contribution in [0.1, 0.15) is 89.5 Å². The number of hydrogen-bond donors (Lipinski definition) is 1. The van der Waals surface area contributed by atoms with E-state index in [0.29, 0.717) is 33.0 Å². The zero-order valence-electron chi connectivity index (χ0n) is 34.9. The summed E-state index contributed by atoms with van der Waals surface area (Å²) in [5, 5.41) is 8.57. The smallest absolute Gasteiger partial charge is 0.311 e. The number of ether oxygens (including phenoxy) is 11. The average Bonchev–Trinajstić information content (AvgIpc) is 3.05. The zero-order chi connectivity index (χ0) is 42.0. The van der Waals surface area contributed by atoms with Crippen molar-refractivity contribution >= 4 is 29.8 Å². The lowest BCUT2D eigenvalue weighted by Gasteiger charge is -2.45. The molecule has 1 N–H and O–H groups in total. The van der Waals surface area contributed by atoms with Gasteiger partial charge in [-0.25, -0.2) is 0 Å². The minimum atomic E-state index is -1.44. The molecule has 0 aromatic rings. The van der Waals surface area contributed by atoms with Gasteiger partial charge in [-0.1, -0.05) is 0 Å². The van der Waals surface area contributed by atoms with E-state index in [2.05, 4.69) is 0 Å². The predicted molar refractivity (Wildman–Crippen MR) is 195 cm³/mol. The van der Waals surface area contributed by atoms with Gasteiger partial charge in [0.05, 0.1) is 87.5 Å². The van der Waals surface area contributed by atoms with Crippen LogP contribution < -0.4 is 0 Å². The molecule has 0 radical (unpaired) electrons. The molecule has 1 rings (SSSR count). The summed E-state index contributed by atoms with van der Waals surface area (Å²) in [5.41, 5.74) is -3.87. The van der Waals surface area contributed by atoms with E-state index in [1.54, 1.807) is 83.1 Å². The fourth-order valence-electron chi connectivity index (χ4n) is 4.04. The largest absolute Gasteiger partial charge is 0.481 e. The van der Waals surface area contributed by atoms with Crippen molar-refractivity contribution in [2.75, 3.05) is 72.9 Å². The zero-order valence-corrected chi connectivity index (χ0v) is 34.9. The standard InChI is InChI=1S/C38H66O17/c1-35(2,3)31(41)50-23-25-27(53-32(42)36(4,5)6)28(54-33(43)37(7,8)9)29(55-34(44)38(10,11)12)30(52-25)51-24-49-22-21-48-20-19-47-18-17-46-16-15-45-14-13-26(39)40/h25,27-30H,13-24H2,1-12H3,(H,39,40)/t25-,27-,28+,29-,30+/m1/s1. The van der Waals surface area contributed by atoms with Crippen LogP contribution in [0, 0.1) is 21.7 Å². The Labute approximate surface area is 325 Å². The van der Waals surface area contributed by atoms with Crippen molar-refractivity contribution in [3.63, 3.8) is 0 Å². The molecule has 0 saturated carbocycles. The molecule has 0 aromatic heterocycles. The number of rotatable bonds is 23. The predicted octanol–water partition coefficient (Wildman–Crippen LogP) is 3.71. The summed E-state index contributed by atoms with van der Waals surface area (Å²) in [6, 6.07) is 0. The van der Waals surface area contributed by atoms with Crippen molar-refractivity contribution < 1.29 is 81.2 Å². The normalized spacial score (nSPS) is 20.8. The van der Waals surface area contributed by atoms with Gasteiger partial charge in [0.15, 0.2) is 18.3 Å². The van der Waals surface area contributed by atoms with E-state index in [1.807, 2.05) is 0 Å². The molecule has 1 aliphatic heterocycles. The first-order valence-corrected chi connectivity index (χ1v) is 18.5. The van der Waals surface area contributed by atoms with Crippen LogP contribution in [0.5, 0.6) is 0 Å². The first kappa shape index (κ1) is 50.1. The van der Waals surface area contributed by atoms with Crippen molar-refractivity contribution in [1.82, 2.24) is 0 Å². The van der Waals surface area contributed by atoms with Crippen molar-refractivity contribution in [2.45, 2.75) is 120 Å². The Balaban J connectivity index is 3.00. The van der Waals surface area contributed by atoms with Crippen LogP contribution in [-0.4, -0.2) is 139 Å². The molecule has 0 bridgehead atoms. The number of carbonyl (C=O) groups is 5. The number of esters is 4. The Morgan fingerprint density at radius 1 is 0.491 bits per heavy atom. The van der Waals surface area contributed by atoms with E-state index < -0.39 is 88.8 Å². The number of hydrogen-bond acceptors (Lipinski definition) is 16. The second-order valence-corrected chi connectivity index (χ2v) is 17.0. The molecule has 0 spiro atoms. The average molecular weight is 795 g/mol. The molecule has 0 unspecified atom stereocenters. The Hall–Kier alpha value is -2.93. The molecule has 0 aliphatic carbocycles. The van der Waals surface area contributed by atoms with Crippen molar-refractivity contribution in [3.05, 3.63) is 0 Å². The van der Waals surface area contributed by atoms with E-state index in [9.17, 15) is 24.0 Å². The number of carboxylic acids is 1. The Morgan fingerprint density at radius 2 is 0.855 bits per heavy atom. The lowest BCUT2D eigenvalue weighted by atomic mass is 9.93. The lowest BCUT2D eigenvalue weighted by Crippen LogP contribution is -2.64. The highest BCUT2D eigenvalue weighted by Gasteiger charge is 2.55. The third-order valence-electron chi connectivity index (χ3n) is 7.41. The van der Waals surface area contributed by atoms with E-state index in [-0.39, 0.29) is 39.6 Å². The van der Waals surface area contributed by atoms with Gasteiger partial charge in [-0.15, -0.1) is 0 Å². The van der Waals surface area contributed by atoms with Crippen LogP contribution in [-0.2, 0) is 76.1 Å². The summed E-state index contributed by atoms with van der Waals surface area (Å²) in [7, 11) is 0. The Bertz CT molecular complexity index is 1190. The minimum absolute atomic E-state index is 0.0567. The van der Waals surface area contributed by atoms with Crippen LogP contribution in [0.2, 0.25) is 0 Å². The summed E-state index contributed by atoms with van der Waals surface area (Å²) in [6.45, 7) is 21.3. The third-order valence-corrected chi connectivity index (χ3v) is 7.41. The summed E-state index contributed by atoms with van der Waals surface area (Å²) >= 11 is 0. The maximum Gasteiger partial charge on any atom is 0.311 e. The molecular weight excluding hydrogens is 728 g/mol. The van der Waals surface area contributed by atoms with Crippen molar-refractivity contribution in [2.24, 2.45) is 21.7 Å². The van der Waals surface area contributed by atoms with Gasteiger partial charge in [-0.2, -0.15) is 0 Å². The van der Waals surface area contributed by atoms with Crippen LogP contribution in [0.15, 0.2) is 0 Å². The molecule has 0 amide bonds. The summed E-state index contributed by atoms with van der Waals surface area (Å²) in [5.74, 6) is -3.49. The molecule has 1 heterocycles. The maximum atomic E-state index is 13.4. The second-order valence-electron chi connectivity index (χ2n) is 17.0. The molecule has 1 fully saturated rings. The minimum Gasteiger partial charge on any atom is -0.481 e. The van der Waals surface area contributed by atoms with E-state index >= 15 is 0 Å². The molecule has 55 heavy (non-hydrogen) atoms. The van der Waals surface area contributed by atoms with E-state index in [0.717, 1.165) is 0 Å². The van der Waals surface area contributed by atoms with Gasteiger partial charge in [0.1, 0.15) is 19.5 Å². The third kappa shape index (κ3) is 20.2. The second kappa shape index (κ2) is 23.3. The van der Waals surface area contributed by atoms with Gasteiger partial charge in [0, 0.05) is 0 Å². The fourth-order valence-corrected chi connectivity index (χ4v) is 4.04. The van der Waals surface area contributed by atoms with Gasteiger partial charge in [0.25, 0.3) is 0 Å². The number of carbonyl (C=O) groups excluding carboxylic acids is 4. The van der Waals surface area contributed by atoms with Crippen molar-refractivity contribution in [1.29, 1.82) is 0 Å². The number of carboxylic acid groups (broad SMARTS) is 1. The SMILES string of the molecule is CC(C)(C)C(=O)OC[C@H]1O[C@H](OCOCCOCCOCCOCCOCCC(=O)O)[C@H](OC(=O)C(C)(C)C)[C@@H](OC(=O)C(C)(C)C)[C@@H]1OC(=O)C(C)(C)C. The van der Waals surface area contributed by atoms with E-state index in [4.69, 9.17) is 57.2 Å². The van der Waals surface area contributed by atoms with Crippen LogP contribution >= 0.6 is 0 Å². The maximum absolute atomic E-state index is 13.4. The highest BCUT2D eigenvalue weighted by Crippen LogP contribution is 2.34.